The lowest BCUT2D eigenvalue weighted by Crippen LogP contribution is -2.46. The summed E-state index contributed by atoms with van der Waals surface area (Å²) in [5, 5.41) is 2.77. The Bertz CT molecular complexity index is 1030. The van der Waals surface area contributed by atoms with E-state index in [1.807, 2.05) is 6.07 Å². The first-order valence-electron chi connectivity index (χ1n) is 9.05. The lowest BCUT2D eigenvalue weighted by molar-refractivity contribution is -0.123. The van der Waals surface area contributed by atoms with E-state index in [2.05, 4.69) is 34.3 Å². The van der Waals surface area contributed by atoms with Crippen molar-refractivity contribution < 1.29 is 14.0 Å². The van der Waals surface area contributed by atoms with Gasteiger partial charge in [-0.15, -0.1) is 0 Å². The largest absolute Gasteiger partial charge is 0.353 e. The quantitative estimate of drug-likeness (QED) is 0.285. The highest BCUT2D eigenvalue weighted by molar-refractivity contribution is 6.45. The van der Waals surface area contributed by atoms with E-state index in [1.54, 1.807) is 43.3 Å². The number of nitrogens with zero attached hydrogens (tertiary/aromatic N) is 1. The number of hydrogen-bond donors (Lipinski definition) is 3. The Kier molecular flexibility index (Phi) is 7.82. The highest BCUT2D eigenvalue weighted by Crippen LogP contribution is 2.19. The second-order valence-electron chi connectivity index (χ2n) is 6.25. The standard InChI is InChI=1S/C23H23FN4O2/c1-5-9-18(16(3)26-20-13-12-15(2)14-19(20)24)22(29)27-28-23(30)21(25-4)17-10-7-6-8-11-17/h5-14,26H,1,3H2,2,4H3,(H,27,29)(H,28,30)/b18-9+,25-21?. The first-order valence-corrected chi connectivity index (χ1v) is 9.05. The van der Waals surface area contributed by atoms with E-state index in [4.69, 9.17) is 0 Å². The molecule has 0 atom stereocenters. The van der Waals surface area contributed by atoms with Crippen LogP contribution in [0.2, 0.25) is 0 Å². The molecule has 6 nitrogen and oxygen atoms in total. The Morgan fingerprint density at radius 3 is 2.33 bits per heavy atom. The number of carbonyl (C=O) groups is 2. The molecule has 0 aliphatic heterocycles. The topological polar surface area (TPSA) is 82.6 Å². The molecule has 0 saturated heterocycles. The molecule has 154 valence electrons. The molecule has 0 unspecified atom stereocenters. The van der Waals surface area contributed by atoms with Crippen LogP contribution in [0.25, 0.3) is 0 Å². The van der Waals surface area contributed by atoms with Crippen molar-refractivity contribution in [1.29, 1.82) is 0 Å². The number of anilines is 1. The van der Waals surface area contributed by atoms with Gasteiger partial charge in [-0.25, -0.2) is 4.39 Å². The molecular weight excluding hydrogens is 383 g/mol. The summed E-state index contributed by atoms with van der Waals surface area (Å²) in [7, 11) is 1.48. The second-order valence-corrected chi connectivity index (χ2v) is 6.25. The van der Waals surface area contributed by atoms with Gasteiger partial charge >= 0.3 is 0 Å². The molecule has 2 amide bonds. The van der Waals surface area contributed by atoms with Crippen molar-refractivity contribution in [2.75, 3.05) is 12.4 Å². The van der Waals surface area contributed by atoms with Gasteiger partial charge in [0.2, 0.25) is 0 Å². The number of amides is 2. The maximum absolute atomic E-state index is 14.1. The molecule has 2 rings (SSSR count). The van der Waals surface area contributed by atoms with Crippen LogP contribution in [0.15, 0.2) is 90.1 Å². The third kappa shape index (κ3) is 5.75. The number of allylic oxidation sites excluding steroid dienone is 2. The Balaban J connectivity index is 2.08. The van der Waals surface area contributed by atoms with E-state index >= 15 is 0 Å². The average molecular weight is 406 g/mol. The third-order valence-electron chi connectivity index (χ3n) is 4.04. The SMILES string of the molecule is C=C/C=C(\C(=C)Nc1ccc(C)cc1F)C(=O)NNC(=O)C(=NC)c1ccccc1. The van der Waals surface area contributed by atoms with Crippen molar-refractivity contribution >= 4 is 23.2 Å². The minimum atomic E-state index is -0.656. The van der Waals surface area contributed by atoms with Crippen molar-refractivity contribution in [3.05, 3.63) is 102 Å². The summed E-state index contributed by atoms with van der Waals surface area (Å²) in [6, 6.07) is 13.5. The van der Waals surface area contributed by atoms with Crippen molar-refractivity contribution in [2.45, 2.75) is 6.92 Å². The average Bonchev–Trinajstić information content (AvgIpc) is 2.73. The van der Waals surface area contributed by atoms with Gasteiger partial charge in [-0.05, 0) is 30.7 Å². The molecule has 30 heavy (non-hydrogen) atoms. The summed E-state index contributed by atoms with van der Waals surface area (Å²) in [6.45, 7) is 9.13. The Labute approximate surface area is 174 Å². The van der Waals surface area contributed by atoms with E-state index in [0.717, 1.165) is 5.56 Å². The van der Waals surface area contributed by atoms with Gasteiger partial charge in [0.15, 0.2) is 0 Å². The number of halogens is 1. The van der Waals surface area contributed by atoms with Crippen LogP contribution >= 0.6 is 0 Å². The van der Waals surface area contributed by atoms with Crippen LogP contribution in [0.1, 0.15) is 11.1 Å². The lowest BCUT2D eigenvalue weighted by atomic mass is 10.1. The maximum atomic E-state index is 14.1. The van der Waals surface area contributed by atoms with Gasteiger partial charge in [0, 0.05) is 18.3 Å². The minimum Gasteiger partial charge on any atom is -0.353 e. The highest BCUT2D eigenvalue weighted by atomic mass is 19.1. The molecule has 0 spiro atoms. The lowest BCUT2D eigenvalue weighted by Gasteiger charge is -2.15. The highest BCUT2D eigenvalue weighted by Gasteiger charge is 2.17. The number of nitrogens with one attached hydrogen (secondary N) is 3. The molecule has 0 radical (unpaired) electrons. The third-order valence-corrected chi connectivity index (χ3v) is 4.04. The van der Waals surface area contributed by atoms with Gasteiger partial charge in [0.05, 0.1) is 11.3 Å². The fourth-order valence-corrected chi connectivity index (χ4v) is 2.58. The first-order chi connectivity index (χ1) is 14.4. The summed E-state index contributed by atoms with van der Waals surface area (Å²) in [5.74, 6) is -1.72. The zero-order valence-electron chi connectivity index (χ0n) is 16.8. The predicted octanol–water partition coefficient (Wildman–Crippen LogP) is 3.44. The van der Waals surface area contributed by atoms with E-state index in [0.29, 0.717) is 5.56 Å². The van der Waals surface area contributed by atoms with Crippen molar-refractivity contribution in [2.24, 2.45) is 4.99 Å². The zero-order valence-corrected chi connectivity index (χ0v) is 16.8. The number of hydrazine groups is 1. The number of carbonyl (C=O) groups excluding carboxylic acids is 2. The number of hydrogen-bond acceptors (Lipinski definition) is 4. The molecule has 0 aromatic heterocycles. The molecule has 2 aromatic carbocycles. The molecule has 2 aromatic rings. The van der Waals surface area contributed by atoms with Crippen molar-refractivity contribution in [3.63, 3.8) is 0 Å². The summed E-state index contributed by atoms with van der Waals surface area (Å²) in [5.41, 5.74) is 6.53. The van der Waals surface area contributed by atoms with Crippen LogP contribution in [0.3, 0.4) is 0 Å². The number of benzene rings is 2. The van der Waals surface area contributed by atoms with E-state index in [-0.39, 0.29) is 22.7 Å². The van der Waals surface area contributed by atoms with E-state index in [1.165, 1.54) is 25.3 Å². The second kappa shape index (κ2) is 10.5. The van der Waals surface area contributed by atoms with E-state index in [9.17, 15) is 14.0 Å². The van der Waals surface area contributed by atoms with Gasteiger partial charge in [-0.3, -0.25) is 25.4 Å². The molecule has 3 N–H and O–H groups in total. The summed E-state index contributed by atoms with van der Waals surface area (Å²) in [4.78, 5) is 29.0. The fraction of sp³-hybridized carbons (Fsp3) is 0.0870. The van der Waals surface area contributed by atoms with Crippen LogP contribution in [0, 0.1) is 12.7 Å². The van der Waals surface area contributed by atoms with Gasteiger partial charge in [0.25, 0.3) is 11.8 Å². The monoisotopic (exact) mass is 406 g/mol. The molecule has 0 saturated carbocycles. The number of rotatable bonds is 7. The molecule has 7 heteroatoms. The molecule has 0 bridgehead atoms. The molecular formula is C23H23FN4O2. The zero-order chi connectivity index (χ0) is 22.1. The van der Waals surface area contributed by atoms with Crippen LogP contribution in [-0.4, -0.2) is 24.6 Å². The summed E-state index contributed by atoms with van der Waals surface area (Å²) >= 11 is 0. The fourth-order valence-electron chi connectivity index (χ4n) is 2.58. The van der Waals surface area contributed by atoms with E-state index < -0.39 is 17.6 Å². The smallest absolute Gasteiger partial charge is 0.288 e. The Morgan fingerprint density at radius 1 is 1.07 bits per heavy atom. The van der Waals surface area contributed by atoms with Gasteiger partial charge < -0.3 is 5.32 Å². The molecule has 0 fully saturated rings. The summed E-state index contributed by atoms with van der Waals surface area (Å²) < 4.78 is 14.1. The van der Waals surface area contributed by atoms with Gasteiger partial charge in [0.1, 0.15) is 11.5 Å². The van der Waals surface area contributed by atoms with Crippen LogP contribution < -0.4 is 16.2 Å². The Morgan fingerprint density at radius 2 is 1.73 bits per heavy atom. The number of aliphatic imine (C=N–C) groups is 1. The minimum absolute atomic E-state index is 0.0694. The first kappa shape index (κ1) is 22.3. The van der Waals surface area contributed by atoms with Crippen molar-refractivity contribution in [3.8, 4) is 0 Å². The normalized spacial score (nSPS) is 11.4. The predicted molar refractivity (Wildman–Crippen MR) is 117 cm³/mol. The Hall–Kier alpha value is -4.00. The maximum Gasteiger partial charge on any atom is 0.288 e. The van der Waals surface area contributed by atoms with Gasteiger partial charge in [-0.1, -0.05) is 55.6 Å². The van der Waals surface area contributed by atoms with Crippen LogP contribution in [0.5, 0.6) is 0 Å². The number of aryl methyl sites for hydroxylation is 1. The van der Waals surface area contributed by atoms with Crippen LogP contribution in [0.4, 0.5) is 10.1 Å². The van der Waals surface area contributed by atoms with Crippen molar-refractivity contribution in [1.82, 2.24) is 10.9 Å². The van der Waals surface area contributed by atoms with Crippen LogP contribution in [-0.2, 0) is 9.59 Å². The van der Waals surface area contributed by atoms with Gasteiger partial charge in [-0.2, -0.15) is 0 Å². The molecule has 0 aliphatic rings. The molecule has 0 heterocycles. The summed E-state index contributed by atoms with van der Waals surface area (Å²) in [6.07, 6.45) is 2.78. The molecule has 0 aliphatic carbocycles.